The molecule has 1 aromatic rings. The van der Waals surface area contributed by atoms with E-state index in [1.807, 2.05) is 13.1 Å². The van der Waals surface area contributed by atoms with E-state index in [0.29, 0.717) is 6.42 Å². The van der Waals surface area contributed by atoms with Crippen LogP contribution < -0.4 is 5.32 Å². The number of hydrogen-bond acceptors (Lipinski definition) is 4. The third kappa shape index (κ3) is 6.01. The highest BCUT2D eigenvalue weighted by atomic mass is 32.2. The average Bonchev–Trinajstić information content (AvgIpc) is 2.33. The van der Waals surface area contributed by atoms with E-state index in [0.717, 1.165) is 36.2 Å². The Hall–Kier alpha value is -0.940. The van der Waals surface area contributed by atoms with E-state index in [-0.39, 0.29) is 11.8 Å². The summed E-state index contributed by atoms with van der Waals surface area (Å²) in [5, 5.41) is 3.47. The third-order valence-corrected chi connectivity index (χ3v) is 4.26. The van der Waals surface area contributed by atoms with Gasteiger partial charge in [0.15, 0.2) is 0 Å². The van der Waals surface area contributed by atoms with Gasteiger partial charge in [0.05, 0.1) is 5.69 Å². The fourth-order valence-corrected chi connectivity index (χ4v) is 2.99. The second kappa shape index (κ2) is 7.74. The molecule has 0 amide bonds. The molecule has 1 N–H and O–H groups in total. The molecule has 5 heteroatoms. The second-order valence-electron chi connectivity index (χ2n) is 5.49. The SMILES string of the molecule is CCCNC(CCCS(C)(=O)=O)c1ncc(C)cc1C. The second-order valence-corrected chi connectivity index (χ2v) is 7.75. The summed E-state index contributed by atoms with van der Waals surface area (Å²) in [6, 6.07) is 2.26. The molecule has 1 unspecified atom stereocenters. The lowest BCUT2D eigenvalue weighted by atomic mass is 10.0. The summed E-state index contributed by atoms with van der Waals surface area (Å²) in [7, 11) is -2.89. The Morgan fingerprint density at radius 3 is 2.60 bits per heavy atom. The smallest absolute Gasteiger partial charge is 0.147 e. The monoisotopic (exact) mass is 298 g/mol. The van der Waals surface area contributed by atoms with E-state index in [9.17, 15) is 8.42 Å². The van der Waals surface area contributed by atoms with Crippen LogP contribution in [0.15, 0.2) is 12.3 Å². The summed E-state index contributed by atoms with van der Waals surface area (Å²) in [5.41, 5.74) is 3.35. The number of nitrogens with zero attached hydrogens (tertiary/aromatic N) is 1. The van der Waals surface area contributed by atoms with Gasteiger partial charge in [-0.3, -0.25) is 4.98 Å². The fourth-order valence-electron chi connectivity index (χ4n) is 2.29. The van der Waals surface area contributed by atoms with Crippen molar-refractivity contribution in [3.63, 3.8) is 0 Å². The van der Waals surface area contributed by atoms with Crippen LogP contribution in [0.2, 0.25) is 0 Å². The quantitative estimate of drug-likeness (QED) is 0.801. The Kier molecular flexibility index (Phi) is 6.62. The number of hydrogen-bond donors (Lipinski definition) is 1. The number of aryl methyl sites for hydroxylation is 2. The third-order valence-electron chi connectivity index (χ3n) is 3.23. The van der Waals surface area contributed by atoms with E-state index < -0.39 is 9.84 Å². The lowest BCUT2D eigenvalue weighted by molar-refractivity contribution is 0.480. The average molecular weight is 298 g/mol. The molecule has 20 heavy (non-hydrogen) atoms. The minimum atomic E-state index is -2.89. The molecule has 0 radical (unpaired) electrons. The summed E-state index contributed by atoms with van der Waals surface area (Å²) < 4.78 is 22.5. The number of aromatic nitrogens is 1. The largest absolute Gasteiger partial charge is 0.309 e. The Morgan fingerprint density at radius 1 is 1.35 bits per heavy atom. The predicted octanol–water partition coefficient (Wildman–Crippen LogP) is 2.56. The minimum Gasteiger partial charge on any atom is -0.309 e. The molecule has 4 nitrogen and oxygen atoms in total. The van der Waals surface area contributed by atoms with E-state index in [2.05, 4.69) is 30.2 Å². The molecule has 1 atom stereocenters. The Balaban J connectivity index is 2.77. The van der Waals surface area contributed by atoms with Gasteiger partial charge in [-0.25, -0.2) is 8.42 Å². The first-order valence-corrected chi connectivity index (χ1v) is 9.23. The van der Waals surface area contributed by atoms with E-state index in [4.69, 9.17) is 0 Å². The van der Waals surface area contributed by atoms with Crippen LogP contribution in [-0.2, 0) is 9.84 Å². The van der Waals surface area contributed by atoms with Crippen molar-refractivity contribution < 1.29 is 8.42 Å². The number of sulfone groups is 1. The highest BCUT2D eigenvalue weighted by molar-refractivity contribution is 7.90. The van der Waals surface area contributed by atoms with Crippen molar-refractivity contribution in [2.45, 2.75) is 46.1 Å². The summed E-state index contributed by atoms with van der Waals surface area (Å²) in [6.07, 6.45) is 5.67. The number of nitrogens with one attached hydrogen (secondary N) is 1. The molecule has 0 aliphatic rings. The molecule has 0 aliphatic heterocycles. The van der Waals surface area contributed by atoms with Crippen molar-refractivity contribution in [1.82, 2.24) is 10.3 Å². The summed E-state index contributed by atoms with van der Waals surface area (Å²) in [6.45, 7) is 7.13. The number of rotatable bonds is 8. The summed E-state index contributed by atoms with van der Waals surface area (Å²) in [5.74, 6) is 0.238. The van der Waals surface area contributed by atoms with Crippen LogP contribution in [0.5, 0.6) is 0 Å². The molecular weight excluding hydrogens is 272 g/mol. The van der Waals surface area contributed by atoms with Gasteiger partial charge in [0.25, 0.3) is 0 Å². The molecule has 1 aromatic heterocycles. The van der Waals surface area contributed by atoms with Gasteiger partial charge in [0.1, 0.15) is 9.84 Å². The standard InChI is InChI=1S/C15H26N2O2S/c1-5-8-16-14(7-6-9-20(4,18)19)15-13(3)10-12(2)11-17-15/h10-11,14,16H,5-9H2,1-4H3. The van der Waals surface area contributed by atoms with Crippen LogP contribution in [0.25, 0.3) is 0 Å². The topological polar surface area (TPSA) is 59.1 Å². The number of pyridine rings is 1. The molecule has 0 fully saturated rings. The maximum Gasteiger partial charge on any atom is 0.147 e. The van der Waals surface area contributed by atoms with Crippen LogP contribution in [0, 0.1) is 13.8 Å². The van der Waals surface area contributed by atoms with Gasteiger partial charge in [0, 0.05) is 24.2 Å². The van der Waals surface area contributed by atoms with Gasteiger partial charge in [-0.1, -0.05) is 13.0 Å². The van der Waals surface area contributed by atoms with Crippen LogP contribution >= 0.6 is 0 Å². The van der Waals surface area contributed by atoms with Crippen molar-refractivity contribution in [2.75, 3.05) is 18.6 Å². The molecule has 0 spiro atoms. The maximum absolute atomic E-state index is 11.2. The Labute approximate surface area is 122 Å². The van der Waals surface area contributed by atoms with Crippen molar-refractivity contribution in [3.8, 4) is 0 Å². The first-order valence-electron chi connectivity index (χ1n) is 7.17. The minimum absolute atomic E-state index is 0.136. The molecule has 0 saturated heterocycles. The first-order chi connectivity index (χ1) is 9.33. The first kappa shape index (κ1) is 17.1. The van der Waals surface area contributed by atoms with E-state index >= 15 is 0 Å². The lowest BCUT2D eigenvalue weighted by Crippen LogP contribution is -2.24. The normalized spacial score (nSPS) is 13.4. The fraction of sp³-hybridized carbons (Fsp3) is 0.667. The molecule has 0 bridgehead atoms. The van der Waals surface area contributed by atoms with E-state index in [1.165, 1.54) is 6.26 Å². The van der Waals surface area contributed by atoms with Gasteiger partial charge in [-0.05, 0) is 50.8 Å². The van der Waals surface area contributed by atoms with E-state index in [1.54, 1.807) is 0 Å². The van der Waals surface area contributed by atoms with Crippen LogP contribution in [0.1, 0.15) is 49.0 Å². The maximum atomic E-state index is 11.2. The molecule has 1 rings (SSSR count). The predicted molar refractivity (Wildman–Crippen MR) is 83.7 cm³/mol. The molecule has 1 heterocycles. The van der Waals surface area contributed by atoms with Crippen LogP contribution in [-0.4, -0.2) is 32.0 Å². The summed E-state index contributed by atoms with van der Waals surface area (Å²) in [4.78, 5) is 4.53. The highest BCUT2D eigenvalue weighted by Gasteiger charge is 2.15. The van der Waals surface area contributed by atoms with Gasteiger partial charge in [-0.15, -0.1) is 0 Å². The molecular formula is C15H26N2O2S. The van der Waals surface area contributed by atoms with Gasteiger partial charge < -0.3 is 5.32 Å². The molecule has 0 aliphatic carbocycles. The van der Waals surface area contributed by atoms with Crippen molar-refractivity contribution in [2.24, 2.45) is 0 Å². The zero-order valence-electron chi connectivity index (χ0n) is 12.9. The summed E-state index contributed by atoms with van der Waals surface area (Å²) >= 11 is 0. The zero-order chi connectivity index (χ0) is 15.2. The van der Waals surface area contributed by atoms with Crippen molar-refractivity contribution in [3.05, 3.63) is 29.1 Å². The van der Waals surface area contributed by atoms with Crippen molar-refractivity contribution in [1.29, 1.82) is 0 Å². The Bertz CT molecular complexity index is 527. The van der Waals surface area contributed by atoms with Crippen LogP contribution in [0.4, 0.5) is 0 Å². The van der Waals surface area contributed by atoms with Gasteiger partial charge in [-0.2, -0.15) is 0 Å². The highest BCUT2D eigenvalue weighted by Crippen LogP contribution is 2.21. The Morgan fingerprint density at radius 2 is 2.05 bits per heavy atom. The van der Waals surface area contributed by atoms with Gasteiger partial charge >= 0.3 is 0 Å². The molecule has 0 aromatic carbocycles. The zero-order valence-corrected chi connectivity index (χ0v) is 13.8. The molecule has 0 saturated carbocycles. The van der Waals surface area contributed by atoms with Crippen molar-refractivity contribution >= 4 is 9.84 Å². The molecule has 114 valence electrons. The van der Waals surface area contributed by atoms with Crippen LogP contribution in [0.3, 0.4) is 0 Å². The lowest BCUT2D eigenvalue weighted by Gasteiger charge is -2.20. The van der Waals surface area contributed by atoms with Gasteiger partial charge in [0.2, 0.25) is 0 Å².